The first-order chi connectivity index (χ1) is 15.4. The van der Waals surface area contributed by atoms with Crippen LogP contribution in [-0.2, 0) is 12.8 Å². The molecule has 0 bridgehead atoms. The lowest BCUT2D eigenvalue weighted by atomic mass is 10.0. The zero-order valence-electron chi connectivity index (χ0n) is 18.2. The Morgan fingerprint density at radius 2 is 1.97 bits per heavy atom. The summed E-state index contributed by atoms with van der Waals surface area (Å²) in [5, 5.41) is 3.70. The number of carbonyl (C=O) groups is 1. The predicted molar refractivity (Wildman–Crippen MR) is 127 cm³/mol. The maximum Gasteiger partial charge on any atom is 0.259 e. The summed E-state index contributed by atoms with van der Waals surface area (Å²) in [6.45, 7) is 2.04. The van der Waals surface area contributed by atoms with Crippen molar-refractivity contribution in [2.45, 2.75) is 12.8 Å². The number of anilines is 2. The van der Waals surface area contributed by atoms with Gasteiger partial charge in [-0.05, 0) is 86.1 Å². The van der Waals surface area contributed by atoms with Gasteiger partial charge in [-0.25, -0.2) is 9.37 Å². The second-order valence-electron chi connectivity index (χ2n) is 8.25. The van der Waals surface area contributed by atoms with Crippen LogP contribution >= 0.6 is 11.6 Å². The molecule has 0 aliphatic carbocycles. The van der Waals surface area contributed by atoms with Crippen LogP contribution in [-0.4, -0.2) is 49.5 Å². The Hall–Kier alpha value is -2.96. The van der Waals surface area contributed by atoms with Crippen LogP contribution in [0.1, 0.15) is 27.0 Å². The zero-order chi connectivity index (χ0) is 22.7. The average Bonchev–Trinajstić information content (AvgIpc) is 3.22. The number of fused-ring (bicyclic) bond motifs is 1. The number of nitrogens with one attached hydrogen (secondary N) is 1. The van der Waals surface area contributed by atoms with E-state index in [1.165, 1.54) is 12.1 Å². The van der Waals surface area contributed by atoms with E-state index in [1.807, 2.05) is 49.3 Å². The SMILES string of the molecule is CN(C)CCN(C(=O)c1cccc2c1CCN2)c1cc(Cc2cc(F)cc(Cl)c2)ccn1. The van der Waals surface area contributed by atoms with E-state index in [2.05, 4.69) is 10.3 Å². The number of benzene rings is 2. The van der Waals surface area contributed by atoms with Gasteiger partial charge in [0.2, 0.25) is 0 Å². The number of rotatable bonds is 7. The first kappa shape index (κ1) is 22.2. The van der Waals surface area contributed by atoms with Gasteiger partial charge in [-0.15, -0.1) is 0 Å². The highest BCUT2D eigenvalue weighted by Crippen LogP contribution is 2.28. The molecule has 0 saturated heterocycles. The van der Waals surface area contributed by atoms with Crippen LogP contribution in [0.25, 0.3) is 0 Å². The van der Waals surface area contributed by atoms with E-state index in [-0.39, 0.29) is 11.7 Å². The largest absolute Gasteiger partial charge is 0.384 e. The van der Waals surface area contributed by atoms with E-state index < -0.39 is 0 Å². The fourth-order valence-electron chi connectivity index (χ4n) is 3.98. The van der Waals surface area contributed by atoms with Crippen molar-refractivity contribution in [2.75, 3.05) is 43.9 Å². The summed E-state index contributed by atoms with van der Waals surface area (Å²) in [5.41, 5.74) is 4.48. The maximum absolute atomic E-state index is 13.8. The van der Waals surface area contributed by atoms with Crippen LogP contribution in [0.3, 0.4) is 0 Å². The molecule has 2 aromatic carbocycles. The highest BCUT2D eigenvalue weighted by Gasteiger charge is 2.24. The van der Waals surface area contributed by atoms with Gasteiger partial charge >= 0.3 is 0 Å². The minimum Gasteiger partial charge on any atom is -0.384 e. The lowest BCUT2D eigenvalue weighted by Gasteiger charge is -2.25. The summed E-state index contributed by atoms with van der Waals surface area (Å²) in [6.07, 6.45) is 3.01. The van der Waals surface area contributed by atoms with E-state index in [0.29, 0.717) is 35.9 Å². The summed E-state index contributed by atoms with van der Waals surface area (Å²) < 4.78 is 13.8. The normalized spacial score (nSPS) is 12.5. The van der Waals surface area contributed by atoms with Crippen molar-refractivity contribution in [2.24, 2.45) is 0 Å². The molecular formula is C25H26ClFN4O. The number of hydrogen-bond acceptors (Lipinski definition) is 4. The van der Waals surface area contributed by atoms with E-state index in [9.17, 15) is 9.18 Å². The summed E-state index contributed by atoms with van der Waals surface area (Å²) in [7, 11) is 3.95. The molecule has 166 valence electrons. The van der Waals surface area contributed by atoms with Crippen molar-refractivity contribution in [3.63, 3.8) is 0 Å². The number of likely N-dealkylation sites (N-methyl/N-ethyl adjacent to an activating group) is 1. The molecule has 1 N–H and O–H groups in total. The number of pyridine rings is 1. The molecule has 0 fully saturated rings. The van der Waals surface area contributed by atoms with Crippen LogP contribution in [0.5, 0.6) is 0 Å². The second-order valence-corrected chi connectivity index (χ2v) is 8.68. The zero-order valence-corrected chi connectivity index (χ0v) is 19.0. The number of hydrogen-bond donors (Lipinski definition) is 1. The van der Waals surface area contributed by atoms with Crippen molar-refractivity contribution in [1.29, 1.82) is 0 Å². The first-order valence-electron chi connectivity index (χ1n) is 10.6. The highest BCUT2D eigenvalue weighted by molar-refractivity contribution is 6.30. The van der Waals surface area contributed by atoms with Gasteiger partial charge in [0.05, 0.1) is 0 Å². The molecule has 1 aliphatic heterocycles. The molecule has 1 aromatic heterocycles. The molecule has 2 heterocycles. The molecule has 4 rings (SSSR count). The molecule has 1 aliphatic rings. The van der Waals surface area contributed by atoms with Gasteiger partial charge in [-0.2, -0.15) is 0 Å². The lowest BCUT2D eigenvalue weighted by Crippen LogP contribution is -2.37. The van der Waals surface area contributed by atoms with Crippen molar-refractivity contribution in [3.05, 3.63) is 87.8 Å². The number of halogens is 2. The number of aromatic nitrogens is 1. The molecule has 5 nitrogen and oxygen atoms in total. The van der Waals surface area contributed by atoms with E-state index in [1.54, 1.807) is 17.2 Å². The standard InChI is InChI=1S/C25H26ClFN4O/c1-30(2)10-11-31(25(32)22-4-3-5-23-21(22)7-9-28-23)24-15-17(6-8-29-24)12-18-13-19(26)16-20(27)14-18/h3-6,8,13-16,28H,7,9-12H2,1-2H3. The van der Waals surface area contributed by atoms with Crippen LogP contribution in [0.4, 0.5) is 15.9 Å². The Morgan fingerprint density at radius 1 is 1.12 bits per heavy atom. The van der Waals surface area contributed by atoms with Crippen LogP contribution in [0, 0.1) is 5.82 Å². The molecule has 0 atom stereocenters. The molecule has 7 heteroatoms. The molecule has 32 heavy (non-hydrogen) atoms. The van der Waals surface area contributed by atoms with Crippen molar-refractivity contribution >= 4 is 29.0 Å². The van der Waals surface area contributed by atoms with Crippen molar-refractivity contribution < 1.29 is 9.18 Å². The quantitative estimate of drug-likeness (QED) is 0.567. The molecule has 0 saturated carbocycles. The molecular weight excluding hydrogens is 427 g/mol. The predicted octanol–water partition coefficient (Wildman–Crippen LogP) is 4.64. The number of nitrogens with zero attached hydrogens (tertiary/aromatic N) is 3. The summed E-state index contributed by atoms with van der Waals surface area (Å²) in [6, 6.07) is 14.1. The van der Waals surface area contributed by atoms with Gasteiger partial charge in [0.1, 0.15) is 11.6 Å². The fourth-order valence-corrected chi connectivity index (χ4v) is 4.22. The third-order valence-electron chi connectivity index (χ3n) is 5.53. The topological polar surface area (TPSA) is 48.5 Å². The Balaban J connectivity index is 1.65. The van der Waals surface area contributed by atoms with Gasteiger partial charge in [0.15, 0.2) is 0 Å². The molecule has 0 unspecified atom stereocenters. The Labute approximate surface area is 192 Å². The monoisotopic (exact) mass is 452 g/mol. The maximum atomic E-state index is 13.8. The molecule has 0 spiro atoms. The number of carbonyl (C=O) groups excluding carboxylic acids is 1. The van der Waals surface area contributed by atoms with Crippen molar-refractivity contribution in [1.82, 2.24) is 9.88 Å². The van der Waals surface area contributed by atoms with Gasteiger partial charge < -0.3 is 10.2 Å². The Morgan fingerprint density at radius 3 is 2.75 bits per heavy atom. The minimum absolute atomic E-state index is 0.0640. The molecule has 1 amide bonds. The second kappa shape index (κ2) is 9.67. The van der Waals surface area contributed by atoms with Gasteiger partial charge in [0, 0.05) is 42.1 Å². The van der Waals surface area contributed by atoms with Crippen LogP contribution in [0.15, 0.2) is 54.7 Å². The van der Waals surface area contributed by atoms with E-state index in [4.69, 9.17) is 11.6 Å². The Bertz CT molecular complexity index is 1110. The van der Waals surface area contributed by atoms with Gasteiger partial charge in [0.25, 0.3) is 5.91 Å². The lowest BCUT2D eigenvalue weighted by molar-refractivity contribution is 0.0983. The average molecular weight is 453 g/mol. The summed E-state index contributed by atoms with van der Waals surface area (Å²) >= 11 is 6.01. The van der Waals surface area contributed by atoms with Crippen LogP contribution < -0.4 is 10.2 Å². The van der Waals surface area contributed by atoms with Crippen LogP contribution in [0.2, 0.25) is 5.02 Å². The summed E-state index contributed by atoms with van der Waals surface area (Å²) in [5.74, 6) is 0.155. The third kappa shape index (κ3) is 5.09. The smallest absolute Gasteiger partial charge is 0.259 e. The number of amides is 1. The van der Waals surface area contributed by atoms with Crippen molar-refractivity contribution in [3.8, 4) is 0 Å². The fraction of sp³-hybridized carbons (Fsp3) is 0.280. The first-order valence-corrected chi connectivity index (χ1v) is 11.0. The summed E-state index contributed by atoms with van der Waals surface area (Å²) in [4.78, 5) is 21.9. The van der Waals surface area contributed by atoms with E-state index in [0.717, 1.165) is 35.3 Å². The Kier molecular flexibility index (Phi) is 6.72. The molecule has 3 aromatic rings. The van der Waals surface area contributed by atoms with Gasteiger partial charge in [-0.1, -0.05) is 17.7 Å². The van der Waals surface area contributed by atoms with E-state index >= 15 is 0 Å². The molecule has 0 radical (unpaired) electrons. The van der Waals surface area contributed by atoms with Gasteiger partial charge in [-0.3, -0.25) is 9.69 Å². The third-order valence-corrected chi connectivity index (χ3v) is 5.75. The highest BCUT2D eigenvalue weighted by atomic mass is 35.5. The minimum atomic E-state index is -0.365.